The molecule has 0 aliphatic heterocycles. The first-order valence-corrected chi connectivity index (χ1v) is 4.64. The van der Waals surface area contributed by atoms with Crippen LogP contribution < -0.4 is 5.32 Å². The van der Waals surface area contributed by atoms with Crippen molar-refractivity contribution in [3.8, 4) is 0 Å². The van der Waals surface area contributed by atoms with E-state index < -0.39 is 6.29 Å². The van der Waals surface area contributed by atoms with Crippen molar-refractivity contribution in [2.75, 3.05) is 27.8 Å². The van der Waals surface area contributed by atoms with Gasteiger partial charge in [-0.2, -0.15) is 0 Å². The van der Waals surface area contributed by atoms with Gasteiger partial charge in [-0.3, -0.25) is 0 Å². The third-order valence-electron chi connectivity index (χ3n) is 2.05. The smallest absolute Gasteiger partial charge is 0.317 e. The van der Waals surface area contributed by atoms with Crippen molar-refractivity contribution in [1.29, 1.82) is 0 Å². The largest absolute Gasteiger partial charge is 0.354 e. The fourth-order valence-corrected chi connectivity index (χ4v) is 1.02. The van der Waals surface area contributed by atoms with Crippen LogP contribution in [0.15, 0.2) is 0 Å². The van der Waals surface area contributed by atoms with Gasteiger partial charge in [-0.15, -0.1) is 0 Å². The number of carbonyl (C=O) groups excluding carboxylic acids is 1. The van der Waals surface area contributed by atoms with Crippen LogP contribution in [0.4, 0.5) is 4.79 Å². The predicted molar refractivity (Wildman–Crippen MR) is 54.1 cm³/mol. The van der Waals surface area contributed by atoms with Crippen LogP contribution in [0.1, 0.15) is 13.8 Å². The van der Waals surface area contributed by atoms with Gasteiger partial charge in [0.15, 0.2) is 6.29 Å². The Hall–Kier alpha value is -0.810. The number of hydrogen-bond acceptors (Lipinski definition) is 3. The molecule has 0 fully saturated rings. The number of amides is 2. The van der Waals surface area contributed by atoms with Crippen LogP contribution in [0, 0.1) is 0 Å². The minimum atomic E-state index is -0.413. The number of hydrogen-bond donors (Lipinski definition) is 1. The number of methoxy groups -OCH3 is 2. The van der Waals surface area contributed by atoms with Crippen LogP contribution in [0.2, 0.25) is 0 Å². The van der Waals surface area contributed by atoms with E-state index in [9.17, 15) is 4.79 Å². The number of nitrogens with zero attached hydrogens (tertiary/aromatic N) is 1. The quantitative estimate of drug-likeness (QED) is 0.669. The van der Waals surface area contributed by atoms with E-state index in [1.54, 1.807) is 26.2 Å². The molecule has 0 saturated heterocycles. The van der Waals surface area contributed by atoms with Crippen LogP contribution >= 0.6 is 0 Å². The summed E-state index contributed by atoms with van der Waals surface area (Å²) in [4.78, 5) is 13.0. The maximum absolute atomic E-state index is 11.4. The second kappa shape index (κ2) is 6.62. The van der Waals surface area contributed by atoms with Gasteiger partial charge in [0, 0.05) is 27.8 Å². The van der Waals surface area contributed by atoms with Crippen LogP contribution in [0.3, 0.4) is 0 Å². The number of ether oxygens (including phenoxy) is 2. The van der Waals surface area contributed by atoms with Crippen molar-refractivity contribution in [2.24, 2.45) is 0 Å². The van der Waals surface area contributed by atoms with Crippen molar-refractivity contribution in [3.05, 3.63) is 0 Å². The van der Waals surface area contributed by atoms with Crippen LogP contribution in [-0.2, 0) is 9.47 Å². The summed E-state index contributed by atoms with van der Waals surface area (Å²) in [7, 11) is 4.82. The first-order chi connectivity index (χ1) is 6.56. The lowest BCUT2D eigenvalue weighted by Crippen LogP contribution is -2.47. The summed E-state index contributed by atoms with van der Waals surface area (Å²) in [6.45, 7) is 4.41. The first-order valence-electron chi connectivity index (χ1n) is 4.64. The van der Waals surface area contributed by atoms with E-state index in [1.807, 2.05) is 13.8 Å². The van der Waals surface area contributed by atoms with Gasteiger partial charge in [-0.05, 0) is 13.8 Å². The van der Waals surface area contributed by atoms with Crippen molar-refractivity contribution in [2.45, 2.75) is 26.2 Å². The fraction of sp³-hybridized carbons (Fsp3) is 0.889. The van der Waals surface area contributed by atoms with Crippen LogP contribution in [-0.4, -0.2) is 51.1 Å². The Bertz CT molecular complexity index is 171. The number of rotatable bonds is 5. The van der Waals surface area contributed by atoms with Gasteiger partial charge in [-0.1, -0.05) is 0 Å². The van der Waals surface area contributed by atoms with Crippen molar-refractivity contribution >= 4 is 6.03 Å². The third-order valence-corrected chi connectivity index (χ3v) is 2.05. The van der Waals surface area contributed by atoms with Crippen LogP contribution in [0.5, 0.6) is 0 Å². The first kappa shape index (κ1) is 13.2. The average molecular weight is 204 g/mol. The summed E-state index contributed by atoms with van der Waals surface area (Å²) in [5.41, 5.74) is 0. The maximum Gasteiger partial charge on any atom is 0.317 e. The molecule has 5 nitrogen and oxygen atoms in total. The second-order valence-corrected chi connectivity index (χ2v) is 3.09. The van der Waals surface area contributed by atoms with E-state index in [0.717, 1.165) is 0 Å². The Morgan fingerprint density at radius 3 is 2.29 bits per heavy atom. The molecule has 0 aromatic carbocycles. The molecule has 1 atom stereocenters. The van der Waals surface area contributed by atoms with Gasteiger partial charge in [0.25, 0.3) is 0 Å². The molecule has 1 N–H and O–H groups in total. The van der Waals surface area contributed by atoms with Gasteiger partial charge in [-0.25, -0.2) is 4.79 Å². The van der Waals surface area contributed by atoms with Crippen LogP contribution in [0.25, 0.3) is 0 Å². The summed E-state index contributed by atoms with van der Waals surface area (Å²) < 4.78 is 10.0. The summed E-state index contributed by atoms with van der Waals surface area (Å²) >= 11 is 0. The Balaban J connectivity index is 4.03. The zero-order valence-corrected chi connectivity index (χ0v) is 9.53. The molecular weight excluding hydrogens is 184 g/mol. The van der Waals surface area contributed by atoms with Crippen molar-refractivity contribution in [1.82, 2.24) is 10.2 Å². The highest BCUT2D eigenvalue weighted by Crippen LogP contribution is 1.99. The molecule has 0 radical (unpaired) electrons. The summed E-state index contributed by atoms with van der Waals surface area (Å²) in [6.07, 6.45) is -0.413. The molecule has 0 aliphatic rings. The Morgan fingerprint density at radius 1 is 1.43 bits per heavy atom. The topological polar surface area (TPSA) is 50.8 Å². The summed E-state index contributed by atoms with van der Waals surface area (Å²) in [5.74, 6) is 0. The molecule has 0 aromatic rings. The third kappa shape index (κ3) is 3.93. The Labute approximate surface area is 85.4 Å². The Morgan fingerprint density at radius 2 is 1.93 bits per heavy atom. The second-order valence-electron chi connectivity index (χ2n) is 3.09. The summed E-state index contributed by atoms with van der Waals surface area (Å²) in [6, 6.07) is -0.300. The molecule has 0 saturated carbocycles. The molecule has 0 aromatic heterocycles. The lowest BCUT2D eigenvalue weighted by molar-refractivity contribution is -0.117. The van der Waals surface area contributed by atoms with Gasteiger partial charge < -0.3 is 19.7 Å². The molecular formula is C9H20N2O3. The Kier molecular flexibility index (Phi) is 6.23. The lowest BCUT2D eigenvalue weighted by atomic mass is 10.3. The predicted octanol–water partition coefficient (Wildman–Crippen LogP) is 0.655. The summed E-state index contributed by atoms with van der Waals surface area (Å²) in [5, 5.41) is 2.77. The normalized spacial score (nSPS) is 12.7. The lowest BCUT2D eigenvalue weighted by Gasteiger charge is -2.24. The van der Waals surface area contributed by atoms with E-state index in [4.69, 9.17) is 9.47 Å². The minimum absolute atomic E-state index is 0.126. The van der Waals surface area contributed by atoms with E-state index in [-0.39, 0.29) is 12.1 Å². The van der Waals surface area contributed by atoms with Crippen molar-refractivity contribution < 1.29 is 14.3 Å². The van der Waals surface area contributed by atoms with E-state index in [0.29, 0.717) is 6.54 Å². The molecule has 0 spiro atoms. The standard InChI is InChI=1S/C9H20N2O3/c1-6-11(3)9(12)10-7(2)8(13-4)14-5/h7-8H,6H2,1-5H3,(H,10,12). The number of carbonyl (C=O) groups is 1. The number of nitrogens with one attached hydrogen (secondary N) is 1. The van der Waals surface area contributed by atoms with Gasteiger partial charge in [0.05, 0.1) is 6.04 Å². The van der Waals surface area contributed by atoms with Gasteiger partial charge in [0.1, 0.15) is 0 Å². The highest BCUT2D eigenvalue weighted by atomic mass is 16.7. The molecule has 84 valence electrons. The van der Waals surface area contributed by atoms with E-state index in [2.05, 4.69) is 5.32 Å². The number of urea groups is 1. The molecule has 0 rings (SSSR count). The monoisotopic (exact) mass is 204 g/mol. The maximum atomic E-state index is 11.4. The van der Waals surface area contributed by atoms with Gasteiger partial charge >= 0.3 is 6.03 Å². The van der Waals surface area contributed by atoms with E-state index in [1.165, 1.54) is 0 Å². The zero-order chi connectivity index (χ0) is 11.1. The highest BCUT2D eigenvalue weighted by Gasteiger charge is 2.18. The molecule has 0 aliphatic carbocycles. The zero-order valence-electron chi connectivity index (χ0n) is 9.53. The molecule has 0 bridgehead atoms. The fourth-order valence-electron chi connectivity index (χ4n) is 1.02. The molecule has 2 amide bonds. The SMILES string of the molecule is CCN(C)C(=O)NC(C)C(OC)OC. The minimum Gasteiger partial charge on any atom is -0.354 e. The van der Waals surface area contributed by atoms with E-state index >= 15 is 0 Å². The molecule has 14 heavy (non-hydrogen) atoms. The molecule has 1 unspecified atom stereocenters. The van der Waals surface area contributed by atoms with Gasteiger partial charge in [0.2, 0.25) is 0 Å². The molecule has 5 heteroatoms. The highest BCUT2D eigenvalue weighted by molar-refractivity contribution is 5.74. The van der Waals surface area contributed by atoms with Crippen molar-refractivity contribution in [3.63, 3.8) is 0 Å². The average Bonchev–Trinajstić information content (AvgIpc) is 2.18. The molecule has 0 heterocycles.